The Morgan fingerprint density at radius 1 is 1.14 bits per heavy atom. The van der Waals surface area contributed by atoms with Crippen LogP contribution in [0.15, 0.2) is 48.6 Å². The summed E-state index contributed by atoms with van der Waals surface area (Å²) < 4.78 is 6.00. The maximum absolute atomic E-state index is 13.3. The Hall–Kier alpha value is -2.34. The Bertz CT molecular complexity index is 766. The van der Waals surface area contributed by atoms with E-state index < -0.39 is 5.41 Å². The summed E-state index contributed by atoms with van der Waals surface area (Å²) in [7, 11) is 0. The summed E-state index contributed by atoms with van der Waals surface area (Å²) >= 11 is 0. The van der Waals surface area contributed by atoms with E-state index >= 15 is 0 Å². The molecule has 29 heavy (non-hydrogen) atoms. The van der Waals surface area contributed by atoms with Gasteiger partial charge in [-0.15, -0.1) is 0 Å². The number of rotatable bonds is 8. The molecule has 154 valence electrons. The molecule has 3 rings (SSSR count). The number of benzene rings is 1. The molecule has 1 saturated carbocycles. The normalized spacial score (nSPS) is 26.4. The van der Waals surface area contributed by atoms with Crippen molar-refractivity contribution in [2.75, 3.05) is 0 Å². The summed E-state index contributed by atoms with van der Waals surface area (Å²) in [6.07, 6.45) is 15.8. The number of nitriles is 1. The summed E-state index contributed by atoms with van der Waals surface area (Å²) in [5.74, 6) is 0.0490. The van der Waals surface area contributed by atoms with Crippen molar-refractivity contribution in [2.45, 2.75) is 77.2 Å². The Kier molecular flexibility index (Phi) is 7.69. The van der Waals surface area contributed by atoms with Crippen LogP contribution in [-0.2, 0) is 9.53 Å². The highest BCUT2D eigenvalue weighted by Crippen LogP contribution is 2.40. The second-order valence-electron chi connectivity index (χ2n) is 8.54. The zero-order valence-corrected chi connectivity index (χ0v) is 17.6. The maximum atomic E-state index is 13.3. The van der Waals surface area contributed by atoms with Crippen LogP contribution in [0.3, 0.4) is 0 Å². The second kappa shape index (κ2) is 10.4. The van der Waals surface area contributed by atoms with Crippen LogP contribution in [0.25, 0.3) is 5.57 Å². The van der Waals surface area contributed by atoms with Crippen LogP contribution >= 0.6 is 0 Å². The van der Waals surface area contributed by atoms with E-state index in [0.717, 1.165) is 44.9 Å². The van der Waals surface area contributed by atoms with Gasteiger partial charge in [0.2, 0.25) is 0 Å². The highest BCUT2D eigenvalue weighted by atomic mass is 16.5. The summed E-state index contributed by atoms with van der Waals surface area (Å²) in [4.78, 5) is 13.3. The standard InChI is InChI=1S/C26H33NO2/c1-2-3-4-8-17-26(25(28)29-24-13-11-21(20-27)12-14-24)18-15-23(16-19-26)22-9-6-5-7-10-22/h5-7,9-10,15-16,18,21,24H,2-4,8,11-14,17,19H2,1H3. The summed E-state index contributed by atoms with van der Waals surface area (Å²) in [6, 6.07) is 12.7. The van der Waals surface area contributed by atoms with Gasteiger partial charge in [-0.25, -0.2) is 0 Å². The number of nitrogens with zero attached hydrogens (tertiary/aromatic N) is 1. The van der Waals surface area contributed by atoms with Gasteiger partial charge in [0.15, 0.2) is 0 Å². The van der Waals surface area contributed by atoms with Crippen molar-refractivity contribution in [3.05, 3.63) is 54.1 Å². The number of hydrogen-bond acceptors (Lipinski definition) is 3. The highest BCUT2D eigenvalue weighted by molar-refractivity contribution is 5.84. The molecular formula is C26H33NO2. The molecule has 0 spiro atoms. The lowest BCUT2D eigenvalue weighted by molar-refractivity contribution is -0.160. The van der Waals surface area contributed by atoms with Crippen molar-refractivity contribution in [3.63, 3.8) is 0 Å². The van der Waals surface area contributed by atoms with Crippen LogP contribution in [0.1, 0.15) is 76.7 Å². The first kappa shape index (κ1) is 21.4. The van der Waals surface area contributed by atoms with Gasteiger partial charge in [-0.2, -0.15) is 5.26 Å². The topological polar surface area (TPSA) is 50.1 Å². The Balaban J connectivity index is 1.68. The Morgan fingerprint density at radius 2 is 1.90 bits per heavy atom. The van der Waals surface area contributed by atoms with Gasteiger partial charge in [0.05, 0.1) is 11.5 Å². The summed E-state index contributed by atoms with van der Waals surface area (Å²) in [6.45, 7) is 2.21. The largest absolute Gasteiger partial charge is 0.462 e. The Morgan fingerprint density at radius 3 is 2.52 bits per heavy atom. The zero-order valence-electron chi connectivity index (χ0n) is 17.6. The van der Waals surface area contributed by atoms with Gasteiger partial charge < -0.3 is 4.74 Å². The number of allylic oxidation sites excluding steroid dienone is 3. The lowest BCUT2D eigenvalue weighted by Crippen LogP contribution is -2.36. The minimum atomic E-state index is -0.544. The highest BCUT2D eigenvalue weighted by Gasteiger charge is 2.39. The van der Waals surface area contributed by atoms with Crippen LogP contribution in [0.4, 0.5) is 0 Å². The second-order valence-corrected chi connectivity index (χ2v) is 8.54. The van der Waals surface area contributed by atoms with E-state index in [1.54, 1.807) is 0 Å². The fraction of sp³-hybridized carbons (Fsp3) is 0.538. The van der Waals surface area contributed by atoms with Crippen LogP contribution in [0.2, 0.25) is 0 Å². The molecule has 1 atom stereocenters. The van der Waals surface area contributed by atoms with E-state index in [0.29, 0.717) is 6.42 Å². The molecule has 0 aromatic heterocycles. The first-order valence-electron chi connectivity index (χ1n) is 11.2. The zero-order chi connectivity index (χ0) is 20.5. The molecule has 0 radical (unpaired) electrons. The SMILES string of the molecule is CCCCCCC1(C(=O)OC2CCC(C#N)CC2)C=CC(c2ccccc2)=CC1. The quantitative estimate of drug-likeness (QED) is 0.370. The smallest absolute Gasteiger partial charge is 0.316 e. The predicted molar refractivity (Wildman–Crippen MR) is 117 cm³/mol. The molecule has 1 unspecified atom stereocenters. The lowest BCUT2D eigenvalue weighted by atomic mass is 9.75. The number of carbonyl (C=O) groups excluding carboxylic acids is 1. The number of esters is 1. The molecule has 0 heterocycles. The first-order chi connectivity index (χ1) is 14.2. The minimum Gasteiger partial charge on any atom is -0.462 e. The van der Waals surface area contributed by atoms with Gasteiger partial charge in [-0.05, 0) is 49.7 Å². The molecule has 1 aromatic rings. The summed E-state index contributed by atoms with van der Waals surface area (Å²) in [5, 5.41) is 9.09. The van der Waals surface area contributed by atoms with Gasteiger partial charge in [0, 0.05) is 5.92 Å². The minimum absolute atomic E-state index is 0.0347. The molecule has 1 fully saturated rings. The molecule has 2 aliphatic rings. The van der Waals surface area contributed by atoms with E-state index in [-0.39, 0.29) is 18.0 Å². The van der Waals surface area contributed by atoms with E-state index in [4.69, 9.17) is 10.00 Å². The third-order valence-corrected chi connectivity index (χ3v) is 6.39. The van der Waals surface area contributed by atoms with Gasteiger partial charge in [-0.3, -0.25) is 4.79 Å². The van der Waals surface area contributed by atoms with Crippen molar-refractivity contribution < 1.29 is 9.53 Å². The Labute approximate surface area is 175 Å². The van der Waals surface area contributed by atoms with Gasteiger partial charge in [-0.1, -0.05) is 81.2 Å². The fourth-order valence-corrected chi connectivity index (χ4v) is 4.41. The molecule has 0 amide bonds. The fourth-order valence-electron chi connectivity index (χ4n) is 4.41. The number of ether oxygens (including phenoxy) is 1. The van der Waals surface area contributed by atoms with Crippen molar-refractivity contribution in [2.24, 2.45) is 11.3 Å². The summed E-state index contributed by atoms with van der Waals surface area (Å²) in [5.41, 5.74) is 1.82. The van der Waals surface area contributed by atoms with Gasteiger partial charge in [0.1, 0.15) is 6.10 Å². The maximum Gasteiger partial charge on any atom is 0.316 e. The van der Waals surface area contributed by atoms with E-state index in [9.17, 15) is 4.79 Å². The van der Waals surface area contributed by atoms with Crippen molar-refractivity contribution in [1.82, 2.24) is 0 Å². The third-order valence-electron chi connectivity index (χ3n) is 6.39. The molecule has 3 heteroatoms. The number of carbonyl (C=O) groups is 1. The van der Waals surface area contributed by atoms with Crippen LogP contribution < -0.4 is 0 Å². The van der Waals surface area contributed by atoms with Crippen LogP contribution in [-0.4, -0.2) is 12.1 Å². The monoisotopic (exact) mass is 391 g/mol. The van der Waals surface area contributed by atoms with E-state index in [1.807, 2.05) is 18.2 Å². The van der Waals surface area contributed by atoms with Crippen molar-refractivity contribution in [3.8, 4) is 6.07 Å². The average molecular weight is 392 g/mol. The predicted octanol–water partition coefficient (Wildman–Crippen LogP) is 6.61. The van der Waals surface area contributed by atoms with E-state index in [1.165, 1.54) is 24.0 Å². The van der Waals surface area contributed by atoms with Crippen molar-refractivity contribution >= 4 is 11.5 Å². The first-order valence-corrected chi connectivity index (χ1v) is 11.2. The lowest BCUT2D eigenvalue weighted by Gasteiger charge is -2.33. The average Bonchev–Trinajstić information content (AvgIpc) is 2.78. The molecule has 1 aromatic carbocycles. The third kappa shape index (κ3) is 5.60. The van der Waals surface area contributed by atoms with Gasteiger partial charge >= 0.3 is 5.97 Å². The molecule has 0 aliphatic heterocycles. The van der Waals surface area contributed by atoms with Crippen LogP contribution in [0, 0.1) is 22.7 Å². The molecular weight excluding hydrogens is 358 g/mol. The molecule has 0 bridgehead atoms. The molecule has 0 N–H and O–H groups in total. The molecule has 3 nitrogen and oxygen atoms in total. The molecule has 2 aliphatic carbocycles. The number of unbranched alkanes of at least 4 members (excludes halogenated alkanes) is 3. The van der Waals surface area contributed by atoms with E-state index in [2.05, 4.69) is 43.4 Å². The van der Waals surface area contributed by atoms with Crippen LogP contribution in [0.5, 0.6) is 0 Å². The van der Waals surface area contributed by atoms with Crippen molar-refractivity contribution in [1.29, 1.82) is 5.26 Å². The van der Waals surface area contributed by atoms with Gasteiger partial charge in [0.25, 0.3) is 0 Å². The molecule has 0 saturated heterocycles. The number of hydrogen-bond donors (Lipinski definition) is 0.